The highest BCUT2D eigenvalue weighted by Crippen LogP contribution is 2.72. The molecule has 2 heteroatoms. The first-order chi connectivity index (χ1) is 8.15. The Kier molecular flexibility index (Phi) is 2.11. The molecule has 3 saturated carbocycles. The van der Waals surface area contributed by atoms with Crippen molar-refractivity contribution in [2.75, 3.05) is 0 Å². The van der Waals surface area contributed by atoms with Gasteiger partial charge in [-0.3, -0.25) is 0 Å². The van der Waals surface area contributed by atoms with Gasteiger partial charge in [-0.1, -0.05) is 31.0 Å². The molecule has 3 fully saturated rings. The van der Waals surface area contributed by atoms with Crippen LogP contribution < -0.4 is 0 Å². The van der Waals surface area contributed by atoms with E-state index in [0.29, 0.717) is 35.0 Å². The summed E-state index contributed by atoms with van der Waals surface area (Å²) in [6.45, 7) is 2.28. The van der Waals surface area contributed by atoms with E-state index in [2.05, 4.69) is 13.0 Å². The van der Waals surface area contributed by atoms with Gasteiger partial charge in [0.05, 0.1) is 6.10 Å². The van der Waals surface area contributed by atoms with Crippen molar-refractivity contribution in [3.8, 4) is 0 Å². The first kappa shape index (κ1) is 10.9. The van der Waals surface area contributed by atoms with Crippen molar-refractivity contribution in [2.24, 2.45) is 35.0 Å². The van der Waals surface area contributed by atoms with Gasteiger partial charge in [-0.05, 0) is 60.7 Å². The van der Waals surface area contributed by atoms with Gasteiger partial charge in [0.25, 0.3) is 0 Å². The van der Waals surface area contributed by atoms with Crippen molar-refractivity contribution in [2.45, 2.75) is 45.1 Å². The monoisotopic (exact) mass is 252 g/mol. The molecule has 4 aliphatic rings. The summed E-state index contributed by atoms with van der Waals surface area (Å²) in [7, 11) is 0. The molecule has 1 N–H and O–H groups in total. The Labute approximate surface area is 108 Å². The predicted molar refractivity (Wildman–Crippen MR) is 68.6 cm³/mol. The maximum atomic E-state index is 10.6. The van der Waals surface area contributed by atoms with Gasteiger partial charge >= 0.3 is 0 Å². The molecule has 4 rings (SSSR count). The molecule has 4 bridgehead atoms. The van der Waals surface area contributed by atoms with Crippen molar-refractivity contribution in [3.63, 3.8) is 0 Å². The molecule has 6 atom stereocenters. The number of hydrogen-bond acceptors (Lipinski definition) is 1. The minimum Gasteiger partial charge on any atom is -0.393 e. The molecule has 0 aliphatic heterocycles. The van der Waals surface area contributed by atoms with Gasteiger partial charge < -0.3 is 5.11 Å². The molecule has 1 spiro atoms. The third kappa shape index (κ3) is 1.20. The highest BCUT2D eigenvalue weighted by atomic mass is 35.5. The fourth-order valence-electron chi connectivity index (χ4n) is 5.57. The van der Waals surface area contributed by atoms with Gasteiger partial charge in [-0.25, -0.2) is 0 Å². The average Bonchev–Trinajstić information content (AvgIpc) is 3.07. The summed E-state index contributed by atoms with van der Waals surface area (Å²) in [6, 6.07) is 0. The fraction of sp³-hybridized carbons (Fsp3) is 0.867. The van der Waals surface area contributed by atoms with Gasteiger partial charge in [-0.15, -0.1) is 0 Å². The maximum absolute atomic E-state index is 10.6. The van der Waals surface area contributed by atoms with Crippen LogP contribution >= 0.6 is 11.6 Å². The minimum atomic E-state index is -0.0477. The second-order valence-corrected chi connectivity index (χ2v) is 7.31. The molecule has 4 aliphatic carbocycles. The summed E-state index contributed by atoms with van der Waals surface area (Å²) in [6.07, 6.45) is 8.80. The van der Waals surface area contributed by atoms with E-state index in [4.69, 9.17) is 11.6 Å². The molecule has 0 radical (unpaired) electrons. The van der Waals surface area contributed by atoms with Crippen LogP contribution in [0.2, 0.25) is 0 Å². The van der Waals surface area contributed by atoms with Crippen LogP contribution in [0, 0.1) is 35.0 Å². The number of rotatable bonds is 0. The van der Waals surface area contributed by atoms with Crippen LogP contribution in [-0.4, -0.2) is 11.2 Å². The van der Waals surface area contributed by atoms with Gasteiger partial charge in [0.15, 0.2) is 0 Å². The smallest absolute Gasteiger partial charge is 0.0605 e. The van der Waals surface area contributed by atoms with Gasteiger partial charge in [0.1, 0.15) is 0 Å². The first-order valence-electron chi connectivity index (χ1n) is 7.20. The summed E-state index contributed by atoms with van der Waals surface area (Å²) in [5.74, 6) is 2.77. The summed E-state index contributed by atoms with van der Waals surface area (Å²) in [5, 5.41) is 11.7. The highest BCUT2D eigenvalue weighted by molar-refractivity contribution is 6.30. The lowest BCUT2D eigenvalue weighted by atomic mass is 9.49. The zero-order chi connectivity index (χ0) is 11.8. The lowest BCUT2D eigenvalue weighted by Gasteiger charge is -2.57. The van der Waals surface area contributed by atoms with E-state index in [1.807, 2.05) is 0 Å². The zero-order valence-electron chi connectivity index (χ0n) is 10.4. The van der Waals surface area contributed by atoms with Gasteiger partial charge in [0.2, 0.25) is 0 Å². The van der Waals surface area contributed by atoms with Crippen LogP contribution in [0.3, 0.4) is 0 Å². The number of aliphatic hydroxyl groups excluding tert-OH is 1. The standard InChI is InChI=1S/C15H21ClO/c1-8-12(16)7-11-9-3-2-4-10(14(9)17)13(8)15(11)5-6-15/h7-11,13-14,17H,2-6H2,1H3/t8-,9?,10?,11?,13?,14?/m1/s1. The molecule has 17 heavy (non-hydrogen) atoms. The van der Waals surface area contributed by atoms with Crippen molar-refractivity contribution in [1.29, 1.82) is 0 Å². The lowest BCUT2D eigenvalue weighted by molar-refractivity contribution is -0.121. The average molecular weight is 253 g/mol. The Morgan fingerprint density at radius 2 is 2.00 bits per heavy atom. The number of hydrogen-bond donors (Lipinski definition) is 1. The topological polar surface area (TPSA) is 20.2 Å². The third-order valence-corrected chi connectivity index (χ3v) is 6.81. The molecule has 0 amide bonds. The van der Waals surface area contributed by atoms with E-state index in [1.165, 1.54) is 32.1 Å². The van der Waals surface area contributed by atoms with E-state index in [9.17, 15) is 5.11 Å². The van der Waals surface area contributed by atoms with E-state index >= 15 is 0 Å². The first-order valence-corrected chi connectivity index (χ1v) is 7.58. The number of allylic oxidation sites excluding steroid dienone is 2. The molecule has 0 saturated heterocycles. The van der Waals surface area contributed by atoms with Gasteiger partial charge in [0, 0.05) is 5.03 Å². The lowest BCUT2D eigenvalue weighted by Crippen LogP contribution is -2.55. The summed E-state index contributed by atoms with van der Waals surface area (Å²) < 4.78 is 0. The Bertz CT molecular complexity index is 384. The minimum absolute atomic E-state index is 0.0477. The molecule has 0 aromatic heterocycles. The Balaban J connectivity index is 1.86. The molecule has 94 valence electrons. The molecular weight excluding hydrogens is 232 g/mol. The Morgan fingerprint density at radius 3 is 2.71 bits per heavy atom. The fourth-order valence-corrected chi connectivity index (χ4v) is 5.84. The number of aliphatic hydroxyl groups is 1. The van der Waals surface area contributed by atoms with Crippen molar-refractivity contribution < 1.29 is 5.11 Å². The van der Waals surface area contributed by atoms with Crippen LogP contribution in [0.25, 0.3) is 0 Å². The van der Waals surface area contributed by atoms with Crippen LogP contribution in [0.4, 0.5) is 0 Å². The van der Waals surface area contributed by atoms with E-state index in [-0.39, 0.29) is 6.10 Å². The summed E-state index contributed by atoms with van der Waals surface area (Å²) >= 11 is 6.46. The van der Waals surface area contributed by atoms with Crippen LogP contribution in [0.5, 0.6) is 0 Å². The summed E-state index contributed by atoms with van der Waals surface area (Å²) in [4.78, 5) is 0. The second-order valence-electron chi connectivity index (χ2n) is 6.87. The summed E-state index contributed by atoms with van der Waals surface area (Å²) in [5.41, 5.74) is 0.548. The zero-order valence-corrected chi connectivity index (χ0v) is 11.2. The van der Waals surface area contributed by atoms with E-state index < -0.39 is 0 Å². The Morgan fingerprint density at radius 1 is 1.29 bits per heavy atom. The highest BCUT2D eigenvalue weighted by Gasteiger charge is 2.66. The van der Waals surface area contributed by atoms with Crippen LogP contribution in [-0.2, 0) is 0 Å². The van der Waals surface area contributed by atoms with Crippen molar-refractivity contribution in [1.82, 2.24) is 0 Å². The van der Waals surface area contributed by atoms with E-state index in [0.717, 1.165) is 5.03 Å². The largest absolute Gasteiger partial charge is 0.393 e. The quantitative estimate of drug-likeness (QED) is 0.699. The SMILES string of the molecule is C[C@@H]1C(Cl)=CC2C3CCCC(C3O)C1C21CC1. The molecule has 1 nitrogen and oxygen atoms in total. The molecule has 0 aromatic carbocycles. The third-order valence-electron chi connectivity index (χ3n) is 6.34. The van der Waals surface area contributed by atoms with Crippen molar-refractivity contribution >= 4 is 11.6 Å². The number of fused-ring (bicyclic) bond motifs is 4. The molecule has 0 aromatic rings. The Hall–Kier alpha value is -0.0100. The normalized spacial score (nSPS) is 54.4. The number of halogens is 1. The molecule has 5 unspecified atom stereocenters. The molecule has 0 heterocycles. The molecular formula is C15H21ClO. The van der Waals surface area contributed by atoms with E-state index in [1.54, 1.807) is 0 Å². The van der Waals surface area contributed by atoms with Crippen LogP contribution in [0.1, 0.15) is 39.0 Å². The second kappa shape index (κ2) is 3.30. The predicted octanol–water partition coefficient (Wildman–Crippen LogP) is 3.56. The van der Waals surface area contributed by atoms with Crippen LogP contribution in [0.15, 0.2) is 11.1 Å². The maximum Gasteiger partial charge on any atom is 0.0605 e. The van der Waals surface area contributed by atoms with Gasteiger partial charge in [-0.2, -0.15) is 0 Å². The van der Waals surface area contributed by atoms with Crippen molar-refractivity contribution in [3.05, 3.63) is 11.1 Å².